The Labute approximate surface area is 317 Å². The van der Waals surface area contributed by atoms with Crippen LogP contribution in [-0.4, -0.2) is 87.1 Å². The lowest BCUT2D eigenvalue weighted by Gasteiger charge is -2.32. The number of carbonyl (C=O) groups excluding carboxylic acids is 1. The average molecular weight is 744 g/mol. The molecule has 54 heavy (non-hydrogen) atoms. The first-order valence-electron chi connectivity index (χ1n) is 18.1. The van der Waals surface area contributed by atoms with E-state index in [4.69, 9.17) is 9.47 Å². The number of hydrogen-bond donors (Lipinski definition) is 2. The van der Waals surface area contributed by atoms with Crippen LogP contribution in [0.25, 0.3) is 21.3 Å². The van der Waals surface area contributed by atoms with Gasteiger partial charge >= 0.3 is 5.97 Å². The van der Waals surface area contributed by atoms with E-state index in [0.717, 1.165) is 64.7 Å². The number of aromatic carboxylic acids is 1. The molecule has 2 N–H and O–H groups in total. The van der Waals surface area contributed by atoms with Crippen LogP contribution in [0.3, 0.4) is 0 Å². The Hall–Kier alpha value is -5.63. The summed E-state index contributed by atoms with van der Waals surface area (Å²) in [6, 6.07) is 25.4. The van der Waals surface area contributed by atoms with Crippen molar-refractivity contribution in [2.75, 3.05) is 49.7 Å². The minimum Gasteiger partial charge on any atom is -0.492 e. The predicted molar refractivity (Wildman–Crippen MR) is 209 cm³/mol. The molecule has 1 amide bonds. The third-order valence-electron chi connectivity index (χ3n) is 10.3. The number of nitrogens with zero attached hydrogens (tertiary/aromatic N) is 6. The van der Waals surface area contributed by atoms with Crippen LogP contribution in [-0.2, 0) is 24.2 Å². The highest BCUT2D eigenvalue weighted by Gasteiger charge is 2.26. The van der Waals surface area contributed by atoms with Crippen molar-refractivity contribution in [3.8, 4) is 16.9 Å². The van der Waals surface area contributed by atoms with Gasteiger partial charge in [0, 0.05) is 60.2 Å². The normalized spacial score (nSPS) is 15.2. The largest absolute Gasteiger partial charge is 0.492 e. The number of morpholine rings is 1. The molecule has 6 aromatic rings. The highest BCUT2D eigenvalue weighted by atomic mass is 32.1. The Kier molecular flexibility index (Phi) is 10.1. The van der Waals surface area contributed by atoms with Gasteiger partial charge in [-0.2, -0.15) is 5.10 Å². The fraction of sp³-hybridized carbons (Fsp3) is 0.293. The van der Waals surface area contributed by atoms with Crippen LogP contribution in [0.1, 0.15) is 50.2 Å². The molecule has 1 fully saturated rings. The maximum Gasteiger partial charge on any atom is 0.355 e. The summed E-state index contributed by atoms with van der Waals surface area (Å²) in [7, 11) is 0. The van der Waals surface area contributed by atoms with Crippen molar-refractivity contribution < 1.29 is 24.2 Å². The number of pyridine rings is 1. The summed E-state index contributed by atoms with van der Waals surface area (Å²) in [6.45, 7) is 9.44. The van der Waals surface area contributed by atoms with Gasteiger partial charge in [0.05, 0.1) is 36.2 Å². The monoisotopic (exact) mass is 743 g/mol. The number of carboxylic acids is 1. The van der Waals surface area contributed by atoms with Crippen molar-refractivity contribution >= 4 is 44.4 Å². The van der Waals surface area contributed by atoms with Crippen LogP contribution in [0.2, 0.25) is 0 Å². The van der Waals surface area contributed by atoms with E-state index in [9.17, 15) is 14.7 Å². The first-order chi connectivity index (χ1) is 26.3. The van der Waals surface area contributed by atoms with E-state index in [2.05, 4.69) is 32.2 Å². The van der Waals surface area contributed by atoms with Crippen LogP contribution in [0.5, 0.6) is 5.75 Å². The Morgan fingerprint density at radius 3 is 2.61 bits per heavy atom. The number of rotatable bonds is 11. The highest BCUT2D eigenvalue weighted by molar-refractivity contribution is 7.22. The maximum atomic E-state index is 13.6. The Morgan fingerprint density at radius 1 is 0.963 bits per heavy atom. The van der Waals surface area contributed by atoms with Crippen molar-refractivity contribution in [1.29, 1.82) is 0 Å². The number of carboxylic acid groups (broad SMARTS) is 1. The number of hydrogen-bond acceptors (Lipinski definition) is 10. The topological polar surface area (TPSA) is 135 Å². The van der Waals surface area contributed by atoms with Crippen molar-refractivity contribution in [3.05, 3.63) is 119 Å². The van der Waals surface area contributed by atoms with E-state index in [1.54, 1.807) is 6.20 Å². The minimum atomic E-state index is -1.12. The number of ether oxygens (including phenoxy) is 2. The molecular formula is C41H41N7O5S. The molecule has 3 aromatic carbocycles. The number of carbonyl (C=O) groups is 2. The molecule has 0 bridgehead atoms. The summed E-state index contributed by atoms with van der Waals surface area (Å²) >= 11 is 1.43. The van der Waals surface area contributed by atoms with Crippen molar-refractivity contribution in [3.63, 3.8) is 0 Å². The predicted octanol–water partition coefficient (Wildman–Crippen LogP) is 6.52. The van der Waals surface area contributed by atoms with E-state index < -0.39 is 5.97 Å². The second-order valence-electron chi connectivity index (χ2n) is 13.6. The molecule has 1 atom stereocenters. The first kappa shape index (κ1) is 35.4. The quantitative estimate of drug-likeness (QED) is 0.151. The van der Waals surface area contributed by atoms with Gasteiger partial charge in [0.2, 0.25) is 0 Å². The molecule has 3 aromatic heterocycles. The van der Waals surface area contributed by atoms with E-state index in [0.29, 0.717) is 60.3 Å². The van der Waals surface area contributed by atoms with Crippen LogP contribution >= 0.6 is 11.3 Å². The Bertz CT molecular complexity index is 2300. The van der Waals surface area contributed by atoms with Gasteiger partial charge in [0.1, 0.15) is 18.2 Å². The van der Waals surface area contributed by atoms with Gasteiger partial charge in [-0.05, 0) is 67.8 Å². The van der Waals surface area contributed by atoms with E-state index in [1.807, 2.05) is 95.4 Å². The smallest absolute Gasteiger partial charge is 0.355 e. The summed E-state index contributed by atoms with van der Waals surface area (Å²) in [5.74, 6) is -0.0237. The van der Waals surface area contributed by atoms with Gasteiger partial charge in [-0.3, -0.25) is 19.7 Å². The lowest BCUT2D eigenvalue weighted by atomic mass is 9.94. The second kappa shape index (κ2) is 15.4. The number of nitrogens with one attached hydrogen (secondary N) is 1. The van der Waals surface area contributed by atoms with Crippen molar-refractivity contribution in [2.45, 2.75) is 39.4 Å². The fourth-order valence-corrected chi connectivity index (χ4v) is 8.09. The number of fused-ring (bicyclic) bond motifs is 2. The molecule has 0 aliphatic carbocycles. The fourth-order valence-electron chi connectivity index (χ4n) is 7.23. The average Bonchev–Trinajstić information content (AvgIpc) is 3.78. The molecular weight excluding hydrogens is 703 g/mol. The molecule has 0 spiro atoms. The number of benzene rings is 3. The third kappa shape index (κ3) is 7.30. The molecule has 5 heterocycles. The first-order valence-corrected chi connectivity index (χ1v) is 19.0. The zero-order valence-corrected chi connectivity index (χ0v) is 31.0. The molecule has 2 aliphatic heterocycles. The molecule has 8 rings (SSSR count). The summed E-state index contributed by atoms with van der Waals surface area (Å²) < 4.78 is 14.7. The van der Waals surface area contributed by atoms with Crippen LogP contribution in [0, 0.1) is 6.92 Å². The Balaban J connectivity index is 0.996. The highest BCUT2D eigenvalue weighted by Crippen LogP contribution is 2.33. The van der Waals surface area contributed by atoms with Crippen LogP contribution in [0.4, 0.5) is 10.9 Å². The molecule has 2 aliphatic rings. The van der Waals surface area contributed by atoms with Gasteiger partial charge in [-0.1, -0.05) is 53.8 Å². The number of para-hydroxylation sites is 2. The van der Waals surface area contributed by atoms with E-state index in [-0.39, 0.29) is 17.6 Å². The number of amides is 1. The van der Waals surface area contributed by atoms with Gasteiger partial charge in [0.15, 0.2) is 10.8 Å². The molecule has 1 unspecified atom stereocenters. The standard InChI is InChI=1S/C41H41N7O5S/c1-26(46-18-20-52-21-19-46)25-53-35-12-5-3-8-29(35)23-48-27(2)32(22-42-48)30-14-15-37(44-38(30)40(50)51)47-17-16-28-9-7-10-31(33(28)24-47)39(49)45-41-43-34-11-4-6-13-36(34)54-41/h3-15,22,26H,16-21,23-25H2,1-2H3,(H,50,51)(H,43,45,49). The lowest BCUT2D eigenvalue weighted by Crippen LogP contribution is -2.44. The van der Waals surface area contributed by atoms with Crippen LogP contribution < -0.4 is 15.0 Å². The van der Waals surface area contributed by atoms with E-state index >= 15 is 0 Å². The maximum absolute atomic E-state index is 13.6. The SMILES string of the molecule is Cc1c(-c2ccc(N3CCc4cccc(C(=O)Nc5nc6ccccc6s5)c4C3)nc2C(=O)O)cnn1Cc1ccccc1OCC(C)N1CCOCC1. The number of aromatic nitrogens is 4. The zero-order valence-electron chi connectivity index (χ0n) is 30.2. The third-order valence-corrected chi connectivity index (χ3v) is 11.2. The van der Waals surface area contributed by atoms with Gasteiger partial charge in [0.25, 0.3) is 5.91 Å². The minimum absolute atomic E-state index is 0.0522. The van der Waals surface area contributed by atoms with Crippen molar-refractivity contribution in [2.24, 2.45) is 0 Å². The zero-order chi connectivity index (χ0) is 37.2. The van der Waals surface area contributed by atoms with Crippen molar-refractivity contribution in [1.82, 2.24) is 24.6 Å². The Morgan fingerprint density at radius 2 is 1.78 bits per heavy atom. The molecule has 12 nitrogen and oxygen atoms in total. The van der Waals surface area contributed by atoms with Crippen LogP contribution in [0.15, 0.2) is 85.1 Å². The number of anilines is 2. The van der Waals surface area contributed by atoms with E-state index in [1.165, 1.54) is 11.3 Å². The molecule has 276 valence electrons. The number of thiazole rings is 1. The second-order valence-corrected chi connectivity index (χ2v) is 14.7. The van der Waals surface area contributed by atoms with Gasteiger partial charge < -0.3 is 19.5 Å². The lowest BCUT2D eigenvalue weighted by molar-refractivity contribution is 0.0104. The molecule has 0 radical (unpaired) electrons. The van der Waals surface area contributed by atoms with Gasteiger partial charge in [-0.25, -0.2) is 14.8 Å². The molecule has 1 saturated heterocycles. The van der Waals surface area contributed by atoms with Gasteiger partial charge in [-0.15, -0.1) is 0 Å². The molecule has 13 heteroatoms. The summed E-state index contributed by atoms with van der Waals surface area (Å²) in [5.41, 5.74) is 6.31. The summed E-state index contributed by atoms with van der Waals surface area (Å²) in [4.78, 5) is 39.9. The molecule has 0 saturated carbocycles. The summed E-state index contributed by atoms with van der Waals surface area (Å²) in [5, 5.41) is 18.6. The summed E-state index contributed by atoms with van der Waals surface area (Å²) in [6.07, 6.45) is 2.39.